The molecular weight excluding hydrogens is 661 g/mol. The van der Waals surface area contributed by atoms with Crippen molar-refractivity contribution in [1.29, 1.82) is 0 Å². The van der Waals surface area contributed by atoms with Crippen LogP contribution in [-0.4, -0.2) is 56.3 Å². The zero-order valence-corrected chi connectivity index (χ0v) is 29.4. The van der Waals surface area contributed by atoms with Gasteiger partial charge < -0.3 is 19.1 Å². The second kappa shape index (κ2) is 20.7. The van der Waals surface area contributed by atoms with Crippen LogP contribution in [0.2, 0.25) is 0 Å². The van der Waals surface area contributed by atoms with Crippen molar-refractivity contribution in [3.8, 4) is 5.75 Å². The summed E-state index contributed by atoms with van der Waals surface area (Å²) in [6.07, 6.45) is 8.95. The van der Waals surface area contributed by atoms with Gasteiger partial charge in [-0.05, 0) is 80.4 Å². The number of benzene rings is 2. The van der Waals surface area contributed by atoms with Gasteiger partial charge in [0, 0.05) is 24.9 Å². The first-order chi connectivity index (χ1) is 24.0. The summed E-state index contributed by atoms with van der Waals surface area (Å²) in [5.41, 5.74) is 2.46. The van der Waals surface area contributed by atoms with Crippen LogP contribution < -0.4 is 9.64 Å². The highest BCUT2D eigenvalue weighted by Gasteiger charge is 2.09. The molecule has 0 atom stereocenters. The van der Waals surface area contributed by atoms with Crippen LogP contribution >= 0.6 is 22.7 Å². The number of carbonyl (C=O) groups is 2. The van der Waals surface area contributed by atoms with Gasteiger partial charge >= 0.3 is 5.97 Å². The van der Waals surface area contributed by atoms with Gasteiger partial charge in [-0.2, -0.15) is 0 Å². The Morgan fingerprint density at radius 1 is 0.816 bits per heavy atom. The number of azo groups is 2. The SMILES string of the molecule is C=CC(=O)COCCCCCCCCOc1ccc(/N=N/c2cc3sc(/N=N/c4ccc(N(CC)CCOC(=O)C=C)cc4)nc3s2)cc1. The van der Waals surface area contributed by atoms with E-state index < -0.39 is 5.97 Å². The average Bonchev–Trinajstić information content (AvgIpc) is 3.70. The number of carbonyl (C=O) groups excluding carboxylic acids is 2. The minimum absolute atomic E-state index is 0.0733. The molecule has 2 aromatic carbocycles. The van der Waals surface area contributed by atoms with Crippen LogP contribution in [0.5, 0.6) is 5.75 Å². The molecule has 0 saturated carbocycles. The largest absolute Gasteiger partial charge is 0.494 e. The molecule has 0 aliphatic carbocycles. The molecule has 4 rings (SSSR count). The van der Waals surface area contributed by atoms with E-state index in [1.165, 1.54) is 28.7 Å². The lowest BCUT2D eigenvalue weighted by Crippen LogP contribution is -2.27. The summed E-state index contributed by atoms with van der Waals surface area (Å²) in [5, 5.41) is 18.8. The van der Waals surface area contributed by atoms with Crippen LogP contribution in [-0.2, 0) is 19.1 Å². The first-order valence-electron chi connectivity index (χ1n) is 16.3. The average molecular weight is 703 g/mol. The second-order valence-electron chi connectivity index (χ2n) is 10.8. The minimum Gasteiger partial charge on any atom is -0.494 e. The molecule has 0 N–H and O–H groups in total. The van der Waals surface area contributed by atoms with Gasteiger partial charge in [-0.25, -0.2) is 9.78 Å². The number of ether oxygens (including phenoxy) is 3. The number of ketones is 1. The van der Waals surface area contributed by atoms with Crippen molar-refractivity contribution < 1.29 is 23.8 Å². The van der Waals surface area contributed by atoms with Crippen molar-refractivity contribution >= 4 is 71.2 Å². The Bertz CT molecular complexity index is 1670. The molecule has 13 heteroatoms. The summed E-state index contributed by atoms with van der Waals surface area (Å²) in [6.45, 7) is 12.0. The van der Waals surface area contributed by atoms with Gasteiger partial charge in [-0.15, -0.1) is 20.5 Å². The van der Waals surface area contributed by atoms with E-state index in [4.69, 9.17) is 14.2 Å². The lowest BCUT2D eigenvalue weighted by atomic mass is 10.1. The van der Waals surface area contributed by atoms with E-state index in [9.17, 15) is 9.59 Å². The fourth-order valence-electron chi connectivity index (χ4n) is 4.57. The maximum atomic E-state index is 11.3. The van der Waals surface area contributed by atoms with Crippen LogP contribution in [0.1, 0.15) is 45.4 Å². The molecule has 49 heavy (non-hydrogen) atoms. The highest BCUT2D eigenvalue weighted by molar-refractivity contribution is 7.30. The standard InChI is InChI=1S/C36H42N6O5S2/c1-4-30(43)26-45-22-11-9-7-8-10-12-23-46-31-19-15-28(16-20-31)38-40-33-25-32-35(49-33)37-36(48-32)41-39-27-13-17-29(18-14-27)42(6-3)21-24-47-34(44)5-2/h4-5,13-20,25H,1-2,6-12,21-24,26H2,3H3/b40-38+,41-39+. The first-order valence-corrected chi connectivity index (χ1v) is 17.9. The number of thiazole rings is 1. The van der Waals surface area contributed by atoms with E-state index in [1.54, 1.807) is 0 Å². The van der Waals surface area contributed by atoms with Crippen molar-refractivity contribution in [3.05, 3.63) is 79.9 Å². The maximum Gasteiger partial charge on any atom is 0.330 e. The molecule has 0 aliphatic rings. The van der Waals surface area contributed by atoms with Crippen LogP contribution in [0, 0.1) is 0 Å². The lowest BCUT2D eigenvalue weighted by Gasteiger charge is -2.22. The molecule has 0 spiro atoms. The van der Waals surface area contributed by atoms with Gasteiger partial charge in [0.1, 0.15) is 28.8 Å². The van der Waals surface area contributed by atoms with E-state index >= 15 is 0 Å². The predicted molar refractivity (Wildman–Crippen MR) is 197 cm³/mol. The minimum atomic E-state index is -0.423. The molecule has 2 aromatic heterocycles. The van der Waals surface area contributed by atoms with Crippen molar-refractivity contribution in [1.82, 2.24) is 4.98 Å². The van der Waals surface area contributed by atoms with Gasteiger partial charge in [0.25, 0.3) is 0 Å². The molecule has 2 heterocycles. The van der Waals surface area contributed by atoms with Crippen molar-refractivity contribution in [3.63, 3.8) is 0 Å². The highest BCUT2D eigenvalue weighted by atomic mass is 32.1. The van der Waals surface area contributed by atoms with Crippen LogP contribution in [0.25, 0.3) is 9.53 Å². The zero-order chi connectivity index (χ0) is 34.7. The molecule has 0 radical (unpaired) electrons. The van der Waals surface area contributed by atoms with Gasteiger partial charge in [0.05, 0.1) is 29.2 Å². The van der Waals surface area contributed by atoms with E-state index in [2.05, 4.69) is 43.5 Å². The summed E-state index contributed by atoms with van der Waals surface area (Å²) >= 11 is 2.90. The fourth-order valence-corrected chi connectivity index (χ4v) is 6.42. The number of hydrogen-bond donors (Lipinski definition) is 0. The molecule has 0 aliphatic heterocycles. The quantitative estimate of drug-likeness (QED) is 0.0326. The van der Waals surface area contributed by atoms with Gasteiger partial charge in [-0.3, -0.25) is 4.79 Å². The molecular formula is C36H42N6O5S2. The zero-order valence-electron chi connectivity index (χ0n) is 27.8. The Kier molecular flexibility index (Phi) is 15.7. The monoisotopic (exact) mass is 702 g/mol. The number of thiophene rings is 1. The Labute approximate surface area is 295 Å². The summed E-state index contributed by atoms with van der Waals surface area (Å²) in [7, 11) is 0. The number of rotatable bonds is 23. The number of fused-ring (bicyclic) bond motifs is 1. The first kappa shape index (κ1) is 37.2. The highest BCUT2D eigenvalue weighted by Crippen LogP contribution is 2.39. The van der Waals surface area contributed by atoms with E-state index in [0.29, 0.717) is 30.6 Å². The van der Waals surface area contributed by atoms with E-state index in [1.807, 2.05) is 61.5 Å². The Hall–Kier alpha value is -4.59. The molecule has 0 bridgehead atoms. The lowest BCUT2D eigenvalue weighted by molar-refractivity contribution is -0.137. The normalized spacial score (nSPS) is 11.4. The van der Waals surface area contributed by atoms with Crippen molar-refractivity contribution in [2.75, 3.05) is 44.4 Å². The van der Waals surface area contributed by atoms with Gasteiger partial charge in [-0.1, -0.05) is 61.5 Å². The summed E-state index contributed by atoms with van der Waals surface area (Å²) < 4.78 is 17.3. The molecule has 0 unspecified atom stereocenters. The fraction of sp³-hybridized carbons (Fsp3) is 0.361. The van der Waals surface area contributed by atoms with Crippen molar-refractivity contribution in [2.45, 2.75) is 45.4 Å². The molecule has 11 nitrogen and oxygen atoms in total. The number of esters is 1. The van der Waals surface area contributed by atoms with Gasteiger partial charge in [0.15, 0.2) is 5.78 Å². The third-order valence-corrected chi connectivity index (χ3v) is 9.14. The summed E-state index contributed by atoms with van der Waals surface area (Å²) in [6, 6.07) is 17.3. The molecule has 0 amide bonds. The summed E-state index contributed by atoms with van der Waals surface area (Å²) in [5.74, 6) is 0.318. The smallest absolute Gasteiger partial charge is 0.330 e. The molecule has 258 valence electrons. The number of aromatic nitrogens is 1. The van der Waals surface area contributed by atoms with Gasteiger partial charge in [0.2, 0.25) is 5.13 Å². The topological polar surface area (TPSA) is 127 Å². The number of nitrogens with zero attached hydrogens (tertiary/aromatic N) is 6. The van der Waals surface area contributed by atoms with E-state index in [-0.39, 0.29) is 19.0 Å². The predicted octanol–water partition coefficient (Wildman–Crippen LogP) is 10.2. The Morgan fingerprint density at radius 3 is 2.16 bits per heavy atom. The number of hydrogen-bond acceptors (Lipinski definition) is 13. The van der Waals surface area contributed by atoms with Crippen LogP contribution in [0.15, 0.2) is 100 Å². The third kappa shape index (κ3) is 13.1. The Balaban J connectivity index is 1.15. The third-order valence-electron chi connectivity index (χ3n) is 7.21. The molecule has 0 saturated heterocycles. The Morgan fingerprint density at radius 2 is 1.49 bits per heavy atom. The number of anilines is 1. The molecule has 4 aromatic rings. The number of unbranched alkanes of at least 4 members (excludes halogenated alkanes) is 5. The maximum absolute atomic E-state index is 11.3. The second-order valence-corrected chi connectivity index (χ2v) is 12.8. The molecule has 0 fully saturated rings. The van der Waals surface area contributed by atoms with Crippen LogP contribution in [0.4, 0.5) is 27.2 Å². The van der Waals surface area contributed by atoms with E-state index in [0.717, 1.165) is 82.8 Å². The van der Waals surface area contributed by atoms with Crippen LogP contribution in [0.3, 0.4) is 0 Å². The number of likely N-dealkylation sites (N-methyl/N-ethyl adjacent to an activating group) is 1. The summed E-state index contributed by atoms with van der Waals surface area (Å²) in [4.78, 5) is 29.9. The van der Waals surface area contributed by atoms with Crippen molar-refractivity contribution in [2.24, 2.45) is 20.5 Å².